The highest BCUT2D eigenvalue weighted by Gasteiger charge is 2.26. The molecule has 0 N–H and O–H groups in total. The first-order chi connectivity index (χ1) is 6.62. The van der Waals surface area contributed by atoms with Crippen molar-refractivity contribution < 1.29 is 4.39 Å². The quantitative estimate of drug-likeness (QED) is 0.592. The number of rotatable bonds is 0. The monoisotopic (exact) mass is 209 g/mol. The van der Waals surface area contributed by atoms with E-state index >= 15 is 0 Å². The molecule has 84 valence electrons. The largest absolute Gasteiger partial charge is 0.224 e. The summed E-state index contributed by atoms with van der Waals surface area (Å²) < 4.78 is 13.2. The zero-order chi connectivity index (χ0) is 11.9. The van der Waals surface area contributed by atoms with Gasteiger partial charge in [0.15, 0.2) is 0 Å². The van der Waals surface area contributed by atoms with Gasteiger partial charge in [-0.3, -0.25) is 0 Å². The van der Waals surface area contributed by atoms with Crippen LogP contribution in [-0.4, -0.2) is 4.98 Å². The number of aromatic nitrogens is 1. The van der Waals surface area contributed by atoms with Gasteiger partial charge in [0.2, 0.25) is 5.95 Å². The summed E-state index contributed by atoms with van der Waals surface area (Å²) in [7, 11) is 0. The molecule has 0 aliphatic carbocycles. The molecule has 2 heteroatoms. The van der Waals surface area contributed by atoms with Crippen molar-refractivity contribution in [3.63, 3.8) is 0 Å². The second-order valence-electron chi connectivity index (χ2n) is 6.03. The molecule has 0 saturated carbocycles. The maximum absolute atomic E-state index is 13.2. The molecule has 0 radical (unpaired) electrons. The van der Waals surface area contributed by atoms with Crippen molar-refractivity contribution in [2.24, 2.45) is 0 Å². The van der Waals surface area contributed by atoms with Gasteiger partial charge >= 0.3 is 0 Å². The number of nitrogens with zero attached hydrogens (tertiary/aromatic N) is 1. The van der Waals surface area contributed by atoms with E-state index in [9.17, 15) is 4.39 Å². The minimum absolute atomic E-state index is 0.00329. The number of pyridine rings is 1. The molecule has 0 bridgehead atoms. The zero-order valence-corrected chi connectivity index (χ0v) is 10.5. The average Bonchev–Trinajstić information content (AvgIpc) is 2.00. The third-order valence-electron chi connectivity index (χ3n) is 2.38. The predicted octanol–water partition coefficient (Wildman–Crippen LogP) is 3.82. The molecule has 1 aromatic rings. The third-order valence-corrected chi connectivity index (χ3v) is 2.38. The van der Waals surface area contributed by atoms with Gasteiger partial charge in [0.25, 0.3) is 0 Å². The van der Waals surface area contributed by atoms with Crippen LogP contribution in [0.5, 0.6) is 0 Å². The Morgan fingerprint density at radius 1 is 0.933 bits per heavy atom. The van der Waals surface area contributed by atoms with Gasteiger partial charge in [-0.1, -0.05) is 47.6 Å². The van der Waals surface area contributed by atoms with Crippen molar-refractivity contribution in [1.82, 2.24) is 4.98 Å². The Labute approximate surface area is 91.7 Å². The van der Waals surface area contributed by atoms with E-state index in [-0.39, 0.29) is 10.8 Å². The Morgan fingerprint density at radius 3 is 1.87 bits per heavy atom. The summed E-state index contributed by atoms with van der Waals surface area (Å²) in [6.45, 7) is 12.5. The number of hydrogen-bond acceptors (Lipinski definition) is 1. The fourth-order valence-electron chi connectivity index (χ4n) is 1.61. The summed E-state index contributed by atoms with van der Waals surface area (Å²) in [5.41, 5.74) is 1.86. The lowest BCUT2D eigenvalue weighted by atomic mass is 9.78. The number of halogens is 1. The highest BCUT2D eigenvalue weighted by Crippen LogP contribution is 2.32. The van der Waals surface area contributed by atoms with Crippen LogP contribution >= 0.6 is 0 Å². The maximum Gasteiger partial charge on any atom is 0.213 e. The molecule has 0 atom stereocenters. The van der Waals surface area contributed by atoms with E-state index in [0.29, 0.717) is 0 Å². The second-order valence-corrected chi connectivity index (χ2v) is 6.03. The summed E-state index contributed by atoms with van der Waals surface area (Å²) in [6, 6.07) is 3.29. The molecule has 1 aromatic heterocycles. The summed E-state index contributed by atoms with van der Waals surface area (Å²) in [4.78, 5) is 4.04. The van der Waals surface area contributed by atoms with Crippen LogP contribution in [0.2, 0.25) is 0 Å². The topological polar surface area (TPSA) is 12.9 Å². The minimum Gasteiger partial charge on any atom is -0.224 e. The SMILES string of the molecule is CC(C)(C)c1ccc(F)nc1C(C)(C)C. The van der Waals surface area contributed by atoms with E-state index in [4.69, 9.17) is 0 Å². The van der Waals surface area contributed by atoms with E-state index in [1.807, 2.05) is 6.07 Å². The van der Waals surface area contributed by atoms with Crippen molar-refractivity contribution in [3.05, 3.63) is 29.3 Å². The Bertz CT molecular complexity index is 356. The van der Waals surface area contributed by atoms with Crippen LogP contribution in [0.25, 0.3) is 0 Å². The highest BCUT2D eigenvalue weighted by molar-refractivity contribution is 5.32. The van der Waals surface area contributed by atoms with E-state index in [0.717, 1.165) is 11.3 Å². The highest BCUT2D eigenvalue weighted by atomic mass is 19.1. The molecular formula is C13H20FN. The molecule has 1 rings (SSSR count). The van der Waals surface area contributed by atoms with Crippen LogP contribution in [-0.2, 0) is 10.8 Å². The Balaban J connectivity index is 3.41. The van der Waals surface area contributed by atoms with Crippen molar-refractivity contribution in [2.75, 3.05) is 0 Å². The van der Waals surface area contributed by atoms with E-state index in [2.05, 4.69) is 46.5 Å². The molecule has 15 heavy (non-hydrogen) atoms. The minimum atomic E-state index is -0.395. The first-order valence-corrected chi connectivity index (χ1v) is 5.30. The van der Waals surface area contributed by atoms with Crippen molar-refractivity contribution in [2.45, 2.75) is 52.4 Å². The smallest absolute Gasteiger partial charge is 0.213 e. The van der Waals surface area contributed by atoms with Crippen LogP contribution in [0, 0.1) is 5.95 Å². The lowest BCUT2D eigenvalue weighted by Crippen LogP contribution is -2.24. The first-order valence-electron chi connectivity index (χ1n) is 5.30. The van der Waals surface area contributed by atoms with Crippen LogP contribution < -0.4 is 0 Å². The fourth-order valence-corrected chi connectivity index (χ4v) is 1.61. The van der Waals surface area contributed by atoms with Crippen LogP contribution in [0.3, 0.4) is 0 Å². The fraction of sp³-hybridized carbons (Fsp3) is 0.615. The molecule has 0 spiro atoms. The summed E-state index contributed by atoms with van der Waals surface area (Å²) in [5, 5.41) is 0. The van der Waals surface area contributed by atoms with Gasteiger partial charge in [0, 0.05) is 5.41 Å². The van der Waals surface area contributed by atoms with Crippen molar-refractivity contribution in [3.8, 4) is 0 Å². The van der Waals surface area contributed by atoms with Crippen LogP contribution in [0.1, 0.15) is 52.8 Å². The molecular weight excluding hydrogens is 189 g/mol. The zero-order valence-electron chi connectivity index (χ0n) is 10.5. The molecule has 0 aliphatic heterocycles. The van der Waals surface area contributed by atoms with Crippen LogP contribution in [0.4, 0.5) is 4.39 Å². The molecule has 0 aromatic carbocycles. The molecule has 1 nitrogen and oxygen atoms in total. The molecule has 0 saturated heterocycles. The Morgan fingerprint density at radius 2 is 1.47 bits per heavy atom. The van der Waals surface area contributed by atoms with Gasteiger partial charge in [0.1, 0.15) is 0 Å². The summed E-state index contributed by atoms with van der Waals surface area (Å²) >= 11 is 0. The average molecular weight is 209 g/mol. The van der Waals surface area contributed by atoms with Gasteiger partial charge < -0.3 is 0 Å². The predicted molar refractivity (Wildman–Crippen MR) is 61.6 cm³/mol. The standard InChI is InChI=1S/C13H20FN/c1-12(2,3)9-7-8-10(14)15-11(9)13(4,5)6/h7-8H,1-6H3. The lowest BCUT2D eigenvalue weighted by Gasteiger charge is -2.28. The number of hydrogen-bond donors (Lipinski definition) is 0. The first kappa shape index (κ1) is 12.2. The van der Waals surface area contributed by atoms with E-state index < -0.39 is 5.95 Å². The molecule has 0 aliphatic rings. The normalized spacial score (nSPS) is 13.0. The third kappa shape index (κ3) is 2.77. The van der Waals surface area contributed by atoms with Gasteiger partial charge in [-0.2, -0.15) is 4.39 Å². The molecule has 1 heterocycles. The van der Waals surface area contributed by atoms with Gasteiger partial charge in [0.05, 0.1) is 5.69 Å². The molecule has 0 amide bonds. The Hall–Kier alpha value is -0.920. The van der Waals surface area contributed by atoms with E-state index in [1.54, 1.807) is 0 Å². The Kier molecular flexibility index (Phi) is 2.90. The van der Waals surface area contributed by atoms with Gasteiger partial charge in [-0.25, -0.2) is 4.98 Å². The molecule has 0 unspecified atom stereocenters. The van der Waals surface area contributed by atoms with Crippen LogP contribution in [0.15, 0.2) is 12.1 Å². The van der Waals surface area contributed by atoms with Crippen molar-refractivity contribution in [1.29, 1.82) is 0 Å². The summed E-state index contributed by atoms with van der Waals surface area (Å²) in [6.07, 6.45) is 0. The maximum atomic E-state index is 13.2. The van der Waals surface area contributed by atoms with Gasteiger partial charge in [-0.15, -0.1) is 0 Å². The summed E-state index contributed by atoms with van der Waals surface area (Å²) in [5.74, 6) is -0.395. The molecule has 0 fully saturated rings. The van der Waals surface area contributed by atoms with Crippen molar-refractivity contribution >= 4 is 0 Å². The second kappa shape index (κ2) is 3.58. The van der Waals surface area contributed by atoms with Gasteiger partial charge in [-0.05, 0) is 17.0 Å². The lowest BCUT2D eigenvalue weighted by molar-refractivity contribution is 0.487. The van der Waals surface area contributed by atoms with E-state index in [1.165, 1.54) is 6.07 Å².